The molecule has 310 valence electrons. The fraction of sp³-hybridized carbons (Fsp3) is 0.276. The summed E-state index contributed by atoms with van der Waals surface area (Å²) >= 11 is 1.88. The van der Waals surface area contributed by atoms with Crippen molar-refractivity contribution >= 4 is 88.7 Å². The number of benzene rings is 7. The van der Waals surface area contributed by atoms with Crippen LogP contribution in [0.3, 0.4) is 0 Å². The van der Waals surface area contributed by atoms with Gasteiger partial charge in [-0.05, 0) is 138 Å². The van der Waals surface area contributed by atoms with Crippen LogP contribution in [0.1, 0.15) is 105 Å². The van der Waals surface area contributed by atoms with Gasteiger partial charge in [-0.25, -0.2) is 0 Å². The third-order valence-electron chi connectivity index (χ3n) is 13.5. The van der Waals surface area contributed by atoms with Gasteiger partial charge in [0.25, 0.3) is 6.71 Å². The van der Waals surface area contributed by atoms with Crippen LogP contribution in [0.5, 0.6) is 0 Å². The van der Waals surface area contributed by atoms with E-state index in [1.807, 2.05) is 11.3 Å². The third-order valence-corrected chi connectivity index (χ3v) is 14.6. The van der Waals surface area contributed by atoms with Crippen molar-refractivity contribution < 1.29 is 0 Å². The molecule has 0 spiro atoms. The summed E-state index contributed by atoms with van der Waals surface area (Å²) in [6.45, 7) is 27.9. The van der Waals surface area contributed by atoms with E-state index in [4.69, 9.17) is 0 Å². The molecule has 7 aromatic carbocycles. The predicted molar refractivity (Wildman–Crippen MR) is 274 cm³/mol. The number of rotatable bonds is 3. The number of fused-ring (bicyclic) bond motifs is 7. The summed E-state index contributed by atoms with van der Waals surface area (Å²) in [6, 6.07) is 54.3. The van der Waals surface area contributed by atoms with Crippen LogP contribution in [0.25, 0.3) is 31.3 Å². The first-order chi connectivity index (χ1) is 29.3. The molecule has 62 heavy (non-hydrogen) atoms. The maximum atomic E-state index is 2.57. The normalized spacial score (nSPS) is 14.0. The van der Waals surface area contributed by atoms with Gasteiger partial charge < -0.3 is 9.80 Å². The first-order valence-electron chi connectivity index (χ1n) is 22.5. The van der Waals surface area contributed by atoms with E-state index in [1.165, 1.54) is 104 Å². The zero-order valence-electron chi connectivity index (χ0n) is 38.7. The maximum Gasteiger partial charge on any atom is 0.252 e. The smallest absolute Gasteiger partial charge is 0.252 e. The fourth-order valence-corrected chi connectivity index (χ4v) is 10.9. The van der Waals surface area contributed by atoms with E-state index in [9.17, 15) is 0 Å². The molecule has 4 heteroatoms. The van der Waals surface area contributed by atoms with E-state index >= 15 is 0 Å². The standard InChI is InChI=1S/C58H59BN2S/c1-55(2,3)38-18-24-42(25-19-38)60-48-28-22-40(57(7,8)9)34-46(48)59-47-35-41(58(10,11)12)23-29-49(47)61(43-26-20-39(21-27-43)56(4,5)6)51-33-37(32-50(60)54(51)59)36-17-30-53-45(31-36)44-15-13-14-16-52(44)62-53/h13-35H,1-12H3. The Kier molecular flexibility index (Phi) is 9.12. The second kappa shape index (κ2) is 14.0. The summed E-state index contributed by atoms with van der Waals surface area (Å²) in [6.07, 6.45) is 0. The summed E-state index contributed by atoms with van der Waals surface area (Å²) in [4.78, 5) is 5.15. The molecule has 0 atom stereocenters. The van der Waals surface area contributed by atoms with Gasteiger partial charge in [0.05, 0.1) is 0 Å². The van der Waals surface area contributed by atoms with Crippen molar-refractivity contribution in [2.24, 2.45) is 0 Å². The van der Waals surface area contributed by atoms with Gasteiger partial charge in [-0.3, -0.25) is 0 Å². The average Bonchev–Trinajstić information content (AvgIpc) is 3.60. The zero-order valence-corrected chi connectivity index (χ0v) is 39.5. The number of hydrogen-bond donors (Lipinski definition) is 0. The first kappa shape index (κ1) is 40.5. The quantitative estimate of drug-likeness (QED) is 0.164. The lowest BCUT2D eigenvalue weighted by Crippen LogP contribution is -2.61. The highest BCUT2D eigenvalue weighted by Gasteiger charge is 2.44. The molecule has 1 aromatic heterocycles. The van der Waals surface area contributed by atoms with Crippen LogP contribution >= 0.6 is 11.3 Å². The highest BCUT2D eigenvalue weighted by Crippen LogP contribution is 2.48. The van der Waals surface area contributed by atoms with Crippen LogP contribution in [0.2, 0.25) is 0 Å². The lowest BCUT2D eigenvalue weighted by Gasteiger charge is -2.45. The Bertz CT molecular complexity index is 2900. The molecule has 2 aliphatic rings. The van der Waals surface area contributed by atoms with Gasteiger partial charge in [0.2, 0.25) is 0 Å². The third kappa shape index (κ3) is 6.69. The van der Waals surface area contributed by atoms with E-state index in [2.05, 4.69) is 232 Å². The minimum atomic E-state index is -0.0166. The second-order valence-electron chi connectivity index (χ2n) is 22.0. The van der Waals surface area contributed by atoms with Crippen LogP contribution in [0.4, 0.5) is 34.1 Å². The maximum absolute atomic E-state index is 2.57. The number of nitrogens with zero attached hydrogens (tertiary/aromatic N) is 2. The fourth-order valence-electron chi connectivity index (χ4n) is 9.79. The molecule has 0 unspecified atom stereocenters. The molecule has 2 nitrogen and oxygen atoms in total. The van der Waals surface area contributed by atoms with Gasteiger partial charge in [-0.1, -0.05) is 156 Å². The Morgan fingerprint density at radius 1 is 0.371 bits per heavy atom. The summed E-state index contributed by atoms with van der Waals surface area (Å²) in [5.74, 6) is 0. The molecule has 0 saturated carbocycles. The predicted octanol–water partition coefficient (Wildman–Crippen LogP) is 15.0. The van der Waals surface area contributed by atoms with Gasteiger partial charge >= 0.3 is 0 Å². The lowest BCUT2D eigenvalue weighted by atomic mass is 9.33. The van der Waals surface area contributed by atoms with E-state index in [0.29, 0.717) is 0 Å². The van der Waals surface area contributed by atoms with Crippen LogP contribution in [-0.4, -0.2) is 6.71 Å². The van der Waals surface area contributed by atoms with Crippen molar-refractivity contribution in [3.63, 3.8) is 0 Å². The Balaban J connectivity index is 1.32. The summed E-state index contributed by atoms with van der Waals surface area (Å²) in [7, 11) is 0. The van der Waals surface area contributed by atoms with Gasteiger partial charge in [0.1, 0.15) is 0 Å². The summed E-state index contributed by atoms with van der Waals surface area (Å²) in [5, 5.41) is 2.64. The van der Waals surface area contributed by atoms with Crippen molar-refractivity contribution in [3.05, 3.63) is 162 Å². The molecular formula is C58H59BN2S. The van der Waals surface area contributed by atoms with Gasteiger partial charge in [-0.15, -0.1) is 11.3 Å². The molecule has 0 bridgehead atoms. The number of hydrogen-bond acceptors (Lipinski definition) is 3. The van der Waals surface area contributed by atoms with E-state index in [0.717, 1.165) is 0 Å². The molecule has 10 rings (SSSR count). The molecule has 0 fully saturated rings. The van der Waals surface area contributed by atoms with E-state index in [1.54, 1.807) is 0 Å². The van der Waals surface area contributed by atoms with Crippen molar-refractivity contribution in [2.45, 2.75) is 105 Å². The van der Waals surface area contributed by atoms with E-state index in [-0.39, 0.29) is 28.4 Å². The minimum Gasteiger partial charge on any atom is -0.311 e. The molecule has 3 heterocycles. The van der Waals surface area contributed by atoms with Crippen molar-refractivity contribution in [3.8, 4) is 11.1 Å². The molecule has 0 radical (unpaired) electrons. The average molecular weight is 827 g/mol. The van der Waals surface area contributed by atoms with Gasteiger partial charge in [-0.2, -0.15) is 0 Å². The Morgan fingerprint density at radius 2 is 0.806 bits per heavy atom. The Labute approximate surface area is 374 Å². The SMILES string of the molecule is CC(C)(C)c1ccc(N2c3ccc(C(C)(C)C)cc3B3c4cc(C(C)(C)C)ccc4N(c4ccc(C(C)(C)C)cc4)c4cc(-c5ccc6sc7ccccc7c6c5)cc2c43)cc1. The molecule has 2 aliphatic heterocycles. The lowest BCUT2D eigenvalue weighted by molar-refractivity contribution is 0.590. The largest absolute Gasteiger partial charge is 0.311 e. The van der Waals surface area contributed by atoms with Gasteiger partial charge in [0.15, 0.2) is 0 Å². The molecular weight excluding hydrogens is 768 g/mol. The van der Waals surface area contributed by atoms with E-state index < -0.39 is 0 Å². The zero-order chi connectivity index (χ0) is 43.7. The molecule has 0 amide bonds. The van der Waals surface area contributed by atoms with Crippen LogP contribution in [-0.2, 0) is 21.7 Å². The van der Waals surface area contributed by atoms with Crippen LogP contribution in [0, 0.1) is 0 Å². The Hall–Kier alpha value is -5.58. The number of anilines is 6. The summed E-state index contributed by atoms with van der Waals surface area (Å²) in [5.41, 5.74) is 19.3. The van der Waals surface area contributed by atoms with Crippen molar-refractivity contribution in [1.82, 2.24) is 0 Å². The highest BCUT2D eigenvalue weighted by molar-refractivity contribution is 7.25. The second-order valence-corrected chi connectivity index (χ2v) is 23.1. The topological polar surface area (TPSA) is 6.48 Å². The van der Waals surface area contributed by atoms with Gasteiger partial charge in [0, 0.05) is 54.3 Å². The minimum absolute atomic E-state index is 0.0166. The monoisotopic (exact) mass is 826 g/mol. The van der Waals surface area contributed by atoms with Crippen molar-refractivity contribution in [1.29, 1.82) is 0 Å². The molecule has 8 aromatic rings. The van der Waals surface area contributed by atoms with Crippen LogP contribution < -0.4 is 26.2 Å². The summed E-state index contributed by atoms with van der Waals surface area (Å²) < 4.78 is 2.65. The molecule has 0 N–H and O–H groups in total. The molecule has 0 saturated heterocycles. The highest BCUT2D eigenvalue weighted by atomic mass is 32.1. The Morgan fingerprint density at radius 3 is 1.27 bits per heavy atom. The number of thiophene rings is 1. The van der Waals surface area contributed by atoms with Crippen molar-refractivity contribution in [2.75, 3.05) is 9.80 Å². The van der Waals surface area contributed by atoms with Crippen LogP contribution in [0.15, 0.2) is 140 Å². The first-order valence-corrected chi connectivity index (χ1v) is 23.3. The molecule has 0 aliphatic carbocycles.